The number of hydrogen-bond acceptors (Lipinski definition) is 3. The summed E-state index contributed by atoms with van der Waals surface area (Å²) in [5, 5.41) is 11.3. The van der Waals surface area contributed by atoms with E-state index in [-0.39, 0.29) is 25.0 Å². The third kappa shape index (κ3) is 6.89. The first kappa shape index (κ1) is 17.0. The fourth-order valence-electron chi connectivity index (χ4n) is 2.90. The summed E-state index contributed by atoms with van der Waals surface area (Å²) in [5.41, 5.74) is 0. The Labute approximate surface area is 121 Å². The first-order chi connectivity index (χ1) is 9.63. The van der Waals surface area contributed by atoms with Crippen LogP contribution in [-0.4, -0.2) is 36.7 Å². The van der Waals surface area contributed by atoms with Gasteiger partial charge < -0.3 is 15.2 Å². The Hall–Kier alpha value is -1.10. The van der Waals surface area contributed by atoms with Gasteiger partial charge in [0, 0.05) is 12.5 Å². The van der Waals surface area contributed by atoms with Crippen LogP contribution >= 0.6 is 0 Å². The van der Waals surface area contributed by atoms with Gasteiger partial charge >= 0.3 is 5.97 Å². The number of carboxylic acid groups (broad SMARTS) is 1. The number of carbonyl (C=O) groups is 2. The highest BCUT2D eigenvalue weighted by atomic mass is 16.5. The predicted octanol–water partition coefficient (Wildman–Crippen LogP) is 2.20. The lowest BCUT2D eigenvalue weighted by Crippen LogP contribution is -2.34. The zero-order chi connectivity index (χ0) is 14.8. The normalized spacial score (nSPS) is 17.1. The van der Waals surface area contributed by atoms with Gasteiger partial charge in [-0.3, -0.25) is 4.79 Å². The first-order valence-electron chi connectivity index (χ1n) is 7.70. The minimum absolute atomic E-state index is 0.0951. The second-order valence-corrected chi connectivity index (χ2v) is 5.61. The molecule has 1 rings (SSSR count). The molecule has 1 fully saturated rings. The molecule has 1 amide bonds. The molecule has 5 heteroatoms. The number of carbonyl (C=O) groups excluding carboxylic acids is 1. The second kappa shape index (κ2) is 9.75. The highest BCUT2D eigenvalue weighted by molar-refractivity contribution is 5.78. The van der Waals surface area contributed by atoms with Crippen LogP contribution < -0.4 is 5.32 Å². The van der Waals surface area contributed by atoms with E-state index in [9.17, 15) is 9.59 Å². The highest BCUT2D eigenvalue weighted by Crippen LogP contribution is 2.31. The Balaban J connectivity index is 2.22. The number of rotatable bonds is 10. The SMILES string of the molecule is CCCC(CC1CCCC1)C(=O)NCCOCC(=O)O. The van der Waals surface area contributed by atoms with E-state index < -0.39 is 5.97 Å². The van der Waals surface area contributed by atoms with Gasteiger partial charge in [-0.15, -0.1) is 0 Å². The number of hydrogen-bond donors (Lipinski definition) is 2. The van der Waals surface area contributed by atoms with E-state index in [1.807, 2.05) is 0 Å². The summed E-state index contributed by atoms with van der Waals surface area (Å²) in [7, 11) is 0. The molecule has 1 aliphatic rings. The average Bonchev–Trinajstić information content (AvgIpc) is 2.90. The van der Waals surface area contributed by atoms with Crippen LogP contribution in [0.2, 0.25) is 0 Å². The van der Waals surface area contributed by atoms with Gasteiger partial charge in [-0.2, -0.15) is 0 Å². The van der Waals surface area contributed by atoms with Crippen molar-refractivity contribution in [3.05, 3.63) is 0 Å². The van der Waals surface area contributed by atoms with Gasteiger partial charge in [0.05, 0.1) is 6.61 Å². The molecule has 1 atom stereocenters. The third-order valence-corrected chi connectivity index (χ3v) is 3.87. The van der Waals surface area contributed by atoms with Crippen LogP contribution in [0.1, 0.15) is 51.9 Å². The van der Waals surface area contributed by atoms with E-state index in [0.717, 1.165) is 19.3 Å². The number of nitrogens with one attached hydrogen (secondary N) is 1. The van der Waals surface area contributed by atoms with E-state index in [1.165, 1.54) is 25.7 Å². The Bertz CT molecular complexity index is 300. The molecular weight excluding hydrogens is 258 g/mol. The molecule has 0 aliphatic heterocycles. The van der Waals surface area contributed by atoms with Crippen molar-refractivity contribution in [1.29, 1.82) is 0 Å². The number of ether oxygens (including phenoxy) is 1. The largest absolute Gasteiger partial charge is 0.480 e. The number of aliphatic carboxylic acids is 1. The molecule has 1 saturated carbocycles. The monoisotopic (exact) mass is 285 g/mol. The Morgan fingerprint density at radius 1 is 1.35 bits per heavy atom. The van der Waals surface area contributed by atoms with Crippen molar-refractivity contribution in [3.8, 4) is 0 Å². The molecule has 20 heavy (non-hydrogen) atoms. The highest BCUT2D eigenvalue weighted by Gasteiger charge is 2.24. The molecular formula is C15H27NO4. The number of amides is 1. The number of carboxylic acids is 1. The van der Waals surface area contributed by atoms with Gasteiger partial charge in [0.2, 0.25) is 5.91 Å². The summed E-state index contributed by atoms with van der Waals surface area (Å²) in [6.45, 7) is 2.43. The maximum Gasteiger partial charge on any atom is 0.329 e. The molecule has 0 saturated heterocycles. The van der Waals surface area contributed by atoms with Gasteiger partial charge in [-0.1, -0.05) is 39.0 Å². The fraction of sp³-hybridized carbons (Fsp3) is 0.867. The lowest BCUT2D eigenvalue weighted by Gasteiger charge is -2.19. The molecule has 0 spiro atoms. The average molecular weight is 285 g/mol. The molecule has 1 unspecified atom stereocenters. The molecule has 1 aliphatic carbocycles. The Morgan fingerprint density at radius 3 is 2.65 bits per heavy atom. The molecule has 0 aromatic heterocycles. The van der Waals surface area contributed by atoms with E-state index >= 15 is 0 Å². The van der Waals surface area contributed by atoms with Crippen LogP contribution in [0, 0.1) is 11.8 Å². The zero-order valence-electron chi connectivity index (χ0n) is 12.4. The molecule has 0 radical (unpaired) electrons. The molecule has 0 heterocycles. The van der Waals surface area contributed by atoms with Gasteiger partial charge in [0.1, 0.15) is 6.61 Å². The van der Waals surface area contributed by atoms with Gasteiger partial charge in [-0.05, 0) is 18.8 Å². The minimum Gasteiger partial charge on any atom is -0.480 e. The molecule has 0 aromatic carbocycles. The van der Waals surface area contributed by atoms with Crippen molar-refractivity contribution in [2.45, 2.75) is 51.9 Å². The van der Waals surface area contributed by atoms with Gasteiger partial charge in [-0.25, -0.2) is 4.79 Å². The van der Waals surface area contributed by atoms with Crippen molar-refractivity contribution < 1.29 is 19.4 Å². The smallest absolute Gasteiger partial charge is 0.329 e. The van der Waals surface area contributed by atoms with Crippen LogP contribution in [0.25, 0.3) is 0 Å². The maximum absolute atomic E-state index is 12.1. The zero-order valence-corrected chi connectivity index (χ0v) is 12.4. The van der Waals surface area contributed by atoms with Gasteiger partial charge in [0.15, 0.2) is 0 Å². The van der Waals surface area contributed by atoms with Crippen molar-refractivity contribution in [2.24, 2.45) is 11.8 Å². The third-order valence-electron chi connectivity index (χ3n) is 3.87. The molecule has 2 N–H and O–H groups in total. The second-order valence-electron chi connectivity index (χ2n) is 5.61. The first-order valence-corrected chi connectivity index (χ1v) is 7.70. The Kier molecular flexibility index (Phi) is 8.26. The lowest BCUT2D eigenvalue weighted by atomic mass is 9.89. The van der Waals surface area contributed by atoms with E-state index in [2.05, 4.69) is 12.2 Å². The molecule has 5 nitrogen and oxygen atoms in total. The van der Waals surface area contributed by atoms with Crippen molar-refractivity contribution in [1.82, 2.24) is 5.32 Å². The quantitative estimate of drug-likeness (QED) is 0.603. The van der Waals surface area contributed by atoms with Crippen LogP contribution in [0.3, 0.4) is 0 Å². The van der Waals surface area contributed by atoms with Crippen LogP contribution in [0.5, 0.6) is 0 Å². The summed E-state index contributed by atoms with van der Waals surface area (Å²) in [6.07, 6.45) is 8.06. The fourth-order valence-corrected chi connectivity index (χ4v) is 2.90. The summed E-state index contributed by atoms with van der Waals surface area (Å²) >= 11 is 0. The van der Waals surface area contributed by atoms with E-state index in [0.29, 0.717) is 12.5 Å². The molecule has 0 aromatic rings. The topological polar surface area (TPSA) is 75.6 Å². The molecule has 0 bridgehead atoms. The van der Waals surface area contributed by atoms with Crippen LogP contribution in [0.4, 0.5) is 0 Å². The lowest BCUT2D eigenvalue weighted by molar-refractivity contribution is -0.142. The Morgan fingerprint density at radius 2 is 2.05 bits per heavy atom. The van der Waals surface area contributed by atoms with Crippen molar-refractivity contribution >= 4 is 11.9 Å². The predicted molar refractivity (Wildman–Crippen MR) is 76.4 cm³/mol. The van der Waals surface area contributed by atoms with Crippen molar-refractivity contribution in [2.75, 3.05) is 19.8 Å². The van der Waals surface area contributed by atoms with E-state index in [4.69, 9.17) is 9.84 Å². The maximum atomic E-state index is 12.1. The van der Waals surface area contributed by atoms with Crippen LogP contribution in [0.15, 0.2) is 0 Å². The van der Waals surface area contributed by atoms with Gasteiger partial charge in [0.25, 0.3) is 0 Å². The standard InChI is InChI=1S/C15H27NO4/c1-2-5-13(10-12-6-3-4-7-12)15(19)16-8-9-20-11-14(17)18/h12-13H,2-11H2,1H3,(H,16,19)(H,17,18). The molecule has 116 valence electrons. The summed E-state index contributed by atoms with van der Waals surface area (Å²) in [6, 6.07) is 0. The van der Waals surface area contributed by atoms with E-state index in [1.54, 1.807) is 0 Å². The van der Waals surface area contributed by atoms with Crippen LogP contribution in [-0.2, 0) is 14.3 Å². The summed E-state index contributed by atoms with van der Waals surface area (Å²) in [5.74, 6) is -0.0813. The summed E-state index contributed by atoms with van der Waals surface area (Å²) in [4.78, 5) is 22.4. The minimum atomic E-state index is -0.985. The summed E-state index contributed by atoms with van der Waals surface area (Å²) < 4.78 is 4.90. The van der Waals surface area contributed by atoms with Crippen molar-refractivity contribution in [3.63, 3.8) is 0 Å².